The van der Waals surface area contributed by atoms with E-state index in [2.05, 4.69) is 41.9 Å². The highest BCUT2D eigenvalue weighted by atomic mass is 15.3. The summed E-state index contributed by atoms with van der Waals surface area (Å²) in [6.45, 7) is 8.72. The van der Waals surface area contributed by atoms with E-state index in [0.717, 1.165) is 13.1 Å². The maximum atomic E-state index is 4.41. The summed E-state index contributed by atoms with van der Waals surface area (Å²) in [6.07, 6.45) is 12.5. The molecular weight excluding hydrogens is 246 g/mol. The molecule has 20 heavy (non-hydrogen) atoms. The number of aromatic nitrogens is 2. The molecule has 0 fully saturated rings. The molecule has 0 bridgehead atoms. The number of nitrogens with zero attached hydrogens (tertiary/aromatic N) is 2. The first-order valence-electron chi connectivity index (χ1n) is 8.58. The van der Waals surface area contributed by atoms with Crippen molar-refractivity contribution in [2.45, 2.75) is 84.7 Å². The summed E-state index contributed by atoms with van der Waals surface area (Å²) >= 11 is 0. The zero-order valence-corrected chi connectivity index (χ0v) is 13.7. The first kappa shape index (κ1) is 17.2. The Morgan fingerprint density at radius 2 is 1.80 bits per heavy atom. The highest BCUT2D eigenvalue weighted by Crippen LogP contribution is 2.20. The fourth-order valence-electron chi connectivity index (χ4n) is 2.71. The predicted molar refractivity (Wildman–Crippen MR) is 86.9 cm³/mol. The number of aryl methyl sites for hydroxylation is 1. The fourth-order valence-corrected chi connectivity index (χ4v) is 2.71. The Labute approximate surface area is 125 Å². The molecule has 0 aliphatic carbocycles. The third kappa shape index (κ3) is 6.08. The van der Waals surface area contributed by atoms with E-state index in [1.165, 1.54) is 57.1 Å². The quantitative estimate of drug-likeness (QED) is 0.562. The SMILES string of the molecule is CCCCCCCCC(NCCC)c1ccnn1CC. The minimum Gasteiger partial charge on any atom is -0.309 e. The largest absolute Gasteiger partial charge is 0.309 e. The highest BCUT2D eigenvalue weighted by Gasteiger charge is 2.14. The normalized spacial score (nSPS) is 12.8. The van der Waals surface area contributed by atoms with Gasteiger partial charge in [-0.25, -0.2) is 0 Å². The average molecular weight is 279 g/mol. The van der Waals surface area contributed by atoms with Crippen LogP contribution in [0.4, 0.5) is 0 Å². The lowest BCUT2D eigenvalue weighted by Crippen LogP contribution is -2.24. The molecule has 3 heteroatoms. The zero-order chi connectivity index (χ0) is 14.6. The molecule has 3 nitrogen and oxygen atoms in total. The molecule has 0 spiro atoms. The summed E-state index contributed by atoms with van der Waals surface area (Å²) in [4.78, 5) is 0. The maximum Gasteiger partial charge on any atom is 0.0553 e. The van der Waals surface area contributed by atoms with Crippen LogP contribution in [0.3, 0.4) is 0 Å². The molecule has 0 amide bonds. The van der Waals surface area contributed by atoms with Gasteiger partial charge in [0.2, 0.25) is 0 Å². The van der Waals surface area contributed by atoms with Crippen molar-refractivity contribution in [1.29, 1.82) is 0 Å². The molecule has 1 rings (SSSR count). The van der Waals surface area contributed by atoms with Gasteiger partial charge in [0.25, 0.3) is 0 Å². The Bertz CT molecular complexity index is 333. The molecular formula is C17H33N3. The Morgan fingerprint density at radius 3 is 2.50 bits per heavy atom. The smallest absolute Gasteiger partial charge is 0.0553 e. The second-order valence-electron chi connectivity index (χ2n) is 5.63. The Morgan fingerprint density at radius 1 is 1.05 bits per heavy atom. The van der Waals surface area contributed by atoms with E-state index >= 15 is 0 Å². The van der Waals surface area contributed by atoms with Crippen molar-refractivity contribution in [2.24, 2.45) is 0 Å². The standard InChI is InChI=1S/C17H33N3/c1-4-7-8-9-10-11-12-16(18-14-5-2)17-13-15-19-20(17)6-3/h13,15-16,18H,4-12,14H2,1-3H3. The van der Waals surface area contributed by atoms with Crippen LogP contribution in [0.2, 0.25) is 0 Å². The number of rotatable bonds is 12. The Hall–Kier alpha value is -0.830. The average Bonchev–Trinajstić information content (AvgIpc) is 2.94. The number of nitrogens with one attached hydrogen (secondary N) is 1. The second-order valence-corrected chi connectivity index (χ2v) is 5.63. The summed E-state index contributed by atoms with van der Waals surface area (Å²) in [5.74, 6) is 0. The molecule has 0 saturated carbocycles. The second kappa shape index (κ2) is 10.9. The van der Waals surface area contributed by atoms with E-state index in [1.807, 2.05) is 6.20 Å². The van der Waals surface area contributed by atoms with Crippen LogP contribution in [0.1, 0.15) is 83.9 Å². The first-order valence-corrected chi connectivity index (χ1v) is 8.58. The molecule has 0 aromatic carbocycles. The molecule has 1 aromatic heterocycles. The van der Waals surface area contributed by atoms with Crippen LogP contribution in [0.25, 0.3) is 0 Å². The monoisotopic (exact) mass is 279 g/mol. The van der Waals surface area contributed by atoms with Crippen LogP contribution < -0.4 is 5.32 Å². The van der Waals surface area contributed by atoms with Crippen LogP contribution in [-0.4, -0.2) is 16.3 Å². The van der Waals surface area contributed by atoms with Crippen molar-refractivity contribution in [3.05, 3.63) is 18.0 Å². The van der Waals surface area contributed by atoms with Gasteiger partial charge in [-0.1, -0.05) is 52.4 Å². The summed E-state index contributed by atoms with van der Waals surface area (Å²) in [6, 6.07) is 2.65. The van der Waals surface area contributed by atoms with Crippen LogP contribution in [-0.2, 0) is 6.54 Å². The number of hydrogen-bond donors (Lipinski definition) is 1. The molecule has 1 heterocycles. The summed E-state index contributed by atoms with van der Waals surface area (Å²) in [5, 5.41) is 8.10. The lowest BCUT2D eigenvalue weighted by Gasteiger charge is -2.19. The van der Waals surface area contributed by atoms with E-state index in [1.54, 1.807) is 0 Å². The first-order chi connectivity index (χ1) is 9.83. The lowest BCUT2D eigenvalue weighted by molar-refractivity contribution is 0.435. The molecule has 0 aliphatic rings. The van der Waals surface area contributed by atoms with Crippen LogP contribution in [0, 0.1) is 0 Å². The summed E-state index contributed by atoms with van der Waals surface area (Å²) < 4.78 is 2.13. The summed E-state index contributed by atoms with van der Waals surface area (Å²) in [7, 11) is 0. The van der Waals surface area contributed by atoms with Crippen molar-refractivity contribution in [3.8, 4) is 0 Å². The number of unbranched alkanes of at least 4 members (excludes halogenated alkanes) is 5. The Kier molecular flexibility index (Phi) is 9.38. The Balaban J connectivity index is 2.40. The van der Waals surface area contributed by atoms with Crippen molar-refractivity contribution in [3.63, 3.8) is 0 Å². The molecule has 1 atom stereocenters. The zero-order valence-electron chi connectivity index (χ0n) is 13.7. The topological polar surface area (TPSA) is 29.9 Å². The van der Waals surface area contributed by atoms with E-state index in [4.69, 9.17) is 0 Å². The van der Waals surface area contributed by atoms with Gasteiger partial charge in [-0.05, 0) is 32.4 Å². The van der Waals surface area contributed by atoms with Gasteiger partial charge in [0.15, 0.2) is 0 Å². The predicted octanol–water partition coefficient (Wildman–Crippen LogP) is 4.69. The third-order valence-corrected chi connectivity index (χ3v) is 3.89. The van der Waals surface area contributed by atoms with Gasteiger partial charge in [0.05, 0.1) is 5.69 Å². The van der Waals surface area contributed by atoms with Crippen LogP contribution >= 0.6 is 0 Å². The fraction of sp³-hybridized carbons (Fsp3) is 0.824. The number of hydrogen-bond acceptors (Lipinski definition) is 2. The summed E-state index contributed by atoms with van der Waals surface area (Å²) in [5.41, 5.74) is 1.36. The molecule has 116 valence electrons. The van der Waals surface area contributed by atoms with Crippen molar-refractivity contribution in [2.75, 3.05) is 6.54 Å². The minimum absolute atomic E-state index is 0.476. The van der Waals surface area contributed by atoms with Crippen molar-refractivity contribution < 1.29 is 0 Å². The van der Waals surface area contributed by atoms with Crippen molar-refractivity contribution in [1.82, 2.24) is 15.1 Å². The molecule has 1 N–H and O–H groups in total. The molecule has 0 radical (unpaired) electrons. The maximum absolute atomic E-state index is 4.41. The molecule has 1 unspecified atom stereocenters. The minimum atomic E-state index is 0.476. The van der Waals surface area contributed by atoms with Crippen LogP contribution in [0.5, 0.6) is 0 Å². The molecule has 0 saturated heterocycles. The van der Waals surface area contributed by atoms with E-state index < -0.39 is 0 Å². The van der Waals surface area contributed by atoms with Gasteiger partial charge in [0, 0.05) is 18.8 Å². The van der Waals surface area contributed by atoms with Crippen molar-refractivity contribution >= 4 is 0 Å². The third-order valence-electron chi connectivity index (χ3n) is 3.89. The molecule has 1 aromatic rings. The van der Waals surface area contributed by atoms with Gasteiger partial charge in [0.1, 0.15) is 0 Å². The van der Waals surface area contributed by atoms with Gasteiger partial charge in [-0.15, -0.1) is 0 Å². The van der Waals surface area contributed by atoms with E-state index in [-0.39, 0.29) is 0 Å². The van der Waals surface area contributed by atoms with E-state index in [0.29, 0.717) is 6.04 Å². The lowest BCUT2D eigenvalue weighted by atomic mass is 10.0. The van der Waals surface area contributed by atoms with Gasteiger partial charge in [-0.2, -0.15) is 5.10 Å². The van der Waals surface area contributed by atoms with Gasteiger partial charge < -0.3 is 5.32 Å². The highest BCUT2D eigenvalue weighted by molar-refractivity contribution is 5.07. The van der Waals surface area contributed by atoms with Crippen LogP contribution in [0.15, 0.2) is 12.3 Å². The van der Waals surface area contributed by atoms with Gasteiger partial charge >= 0.3 is 0 Å². The van der Waals surface area contributed by atoms with E-state index in [9.17, 15) is 0 Å². The molecule has 0 aliphatic heterocycles. The van der Waals surface area contributed by atoms with Gasteiger partial charge in [-0.3, -0.25) is 4.68 Å².